The zero-order valence-corrected chi connectivity index (χ0v) is 14.0. The standard InChI is InChI=1S/C17H24N4O3/c1-2-20-12-14(9-16(20)22)17(23)19-11-13-3-4-15(18-10-13)21-5-7-24-8-6-21/h3-4,10,14H,2,5-9,11-12H2,1H3,(H,19,23). The summed E-state index contributed by atoms with van der Waals surface area (Å²) in [5, 5.41) is 2.91. The molecule has 1 atom stereocenters. The second kappa shape index (κ2) is 7.61. The predicted octanol–water partition coefficient (Wildman–Crippen LogP) is 0.403. The van der Waals surface area contributed by atoms with E-state index in [0.29, 0.717) is 26.1 Å². The number of hydrogen-bond donors (Lipinski definition) is 1. The number of pyridine rings is 1. The Morgan fingerprint density at radius 1 is 1.38 bits per heavy atom. The van der Waals surface area contributed by atoms with Gasteiger partial charge in [-0.15, -0.1) is 0 Å². The molecule has 1 unspecified atom stereocenters. The summed E-state index contributed by atoms with van der Waals surface area (Å²) in [5.41, 5.74) is 0.956. The van der Waals surface area contributed by atoms with E-state index in [9.17, 15) is 9.59 Å². The fourth-order valence-corrected chi connectivity index (χ4v) is 3.09. The molecule has 2 aliphatic rings. The molecular formula is C17H24N4O3. The van der Waals surface area contributed by atoms with Crippen molar-refractivity contribution in [1.29, 1.82) is 0 Å². The van der Waals surface area contributed by atoms with Crippen LogP contribution in [-0.2, 0) is 20.9 Å². The van der Waals surface area contributed by atoms with Crippen LogP contribution in [0, 0.1) is 5.92 Å². The number of nitrogens with zero attached hydrogens (tertiary/aromatic N) is 3. The van der Waals surface area contributed by atoms with Crippen molar-refractivity contribution in [3.05, 3.63) is 23.9 Å². The smallest absolute Gasteiger partial charge is 0.225 e. The SMILES string of the molecule is CCN1CC(C(=O)NCc2ccc(N3CCOCC3)nc2)CC1=O. The van der Waals surface area contributed by atoms with Crippen LogP contribution in [0.1, 0.15) is 18.9 Å². The van der Waals surface area contributed by atoms with Gasteiger partial charge in [-0.05, 0) is 18.6 Å². The monoisotopic (exact) mass is 332 g/mol. The van der Waals surface area contributed by atoms with Gasteiger partial charge in [-0.1, -0.05) is 6.07 Å². The summed E-state index contributed by atoms with van der Waals surface area (Å²) in [5.74, 6) is 0.706. The van der Waals surface area contributed by atoms with Gasteiger partial charge in [-0.2, -0.15) is 0 Å². The number of amides is 2. The molecule has 2 fully saturated rings. The summed E-state index contributed by atoms with van der Waals surface area (Å²) < 4.78 is 5.34. The lowest BCUT2D eigenvalue weighted by atomic mass is 10.1. The molecule has 2 saturated heterocycles. The average molecular weight is 332 g/mol. The summed E-state index contributed by atoms with van der Waals surface area (Å²) in [4.78, 5) is 32.3. The van der Waals surface area contributed by atoms with Crippen molar-refractivity contribution >= 4 is 17.6 Å². The highest BCUT2D eigenvalue weighted by molar-refractivity contribution is 5.89. The van der Waals surface area contributed by atoms with Gasteiger partial charge in [0.2, 0.25) is 11.8 Å². The fraction of sp³-hybridized carbons (Fsp3) is 0.588. The largest absolute Gasteiger partial charge is 0.378 e. The number of morpholine rings is 1. The first-order valence-corrected chi connectivity index (χ1v) is 8.50. The molecule has 0 aromatic carbocycles. The number of likely N-dealkylation sites (tertiary alicyclic amines) is 1. The van der Waals surface area contributed by atoms with E-state index in [2.05, 4.69) is 15.2 Å². The number of carbonyl (C=O) groups excluding carboxylic acids is 2. The molecule has 0 saturated carbocycles. The van der Waals surface area contributed by atoms with Gasteiger partial charge in [0.05, 0.1) is 19.1 Å². The van der Waals surface area contributed by atoms with Gasteiger partial charge >= 0.3 is 0 Å². The third-order valence-corrected chi connectivity index (χ3v) is 4.58. The first-order chi connectivity index (χ1) is 11.7. The van der Waals surface area contributed by atoms with E-state index in [0.717, 1.165) is 37.7 Å². The molecule has 1 N–H and O–H groups in total. The van der Waals surface area contributed by atoms with Gasteiger partial charge < -0.3 is 19.9 Å². The van der Waals surface area contributed by atoms with Crippen LogP contribution in [0.5, 0.6) is 0 Å². The van der Waals surface area contributed by atoms with Crippen molar-refractivity contribution in [3.63, 3.8) is 0 Å². The molecule has 3 heterocycles. The highest BCUT2D eigenvalue weighted by Gasteiger charge is 2.33. The Hall–Kier alpha value is -2.15. The van der Waals surface area contributed by atoms with Crippen molar-refractivity contribution < 1.29 is 14.3 Å². The summed E-state index contributed by atoms with van der Waals surface area (Å²) >= 11 is 0. The normalized spacial score (nSPS) is 21.2. The minimum Gasteiger partial charge on any atom is -0.378 e. The number of carbonyl (C=O) groups is 2. The summed E-state index contributed by atoms with van der Waals surface area (Å²) in [6.07, 6.45) is 2.11. The van der Waals surface area contributed by atoms with E-state index in [1.165, 1.54) is 0 Å². The highest BCUT2D eigenvalue weighted by atomic mass is 16.5. The molecule has 2 aliphatic heterocycles. The number of rotatable bonds is 5. The van der Waals surface area contributed by atoms with Crippen molar-refractivity contribution in [2.45, 2.75) is 19.9 Å². The second-order valence-corrected chi connectivity index (χ2v) is 6.18. The number of anilines is 1. The number of nitrogens with one attached hydrogen (secondary N) is 1. The van der Waals surface area contributed by atoms with Crippen molar-refractivity contribution in [2.75, 3.05) is 44.3 Å². The molecule has 24 heavy (non-hydrogen) atoms. The second-order valence-electron chi connectivity index (χ2n) is 6.18. The minimum atomic E-state index is -0.238. The van der Waals surface area contributed by atoms with E-state index in [4.69, 9.17) is 4.74 Å². The van der Waals surface area contributed by atoms with Gasteiger partial charge in [0.25, 0.3) is 0 Å². The first-order valence-electron chi connectivity index (χ1n) is 8.50. The van der Waals surface area contributed by atoms with Crippen LogP contribution in [0.3, 0.4) is 0 Å². The predicted molar refractivity (Wildman–Crippen MR) is 89.5 cm³/mol. The van der Waals surface area contributed by atoms with Crippen molar-refractivity contribution in [3.8, 4) is 0 Å². The first kappa shape index (κ1) is 16.7. The summed E-state index contributed by atoms with van der Waals surface area (Å²) in [6, 6.07) is 3.96. The Balaban J connectivity index is 1.49. The number of aromatic nitrogens is 1. The molecule has 0 spiro atoms. The molecule has 0 aliphatic carbocycles. The average Bonchev–Trinajstić information content (AvgIpc) is 3.02. The van der Waals surface area contributed by atoms with Gasteiger partial charge in [-0.25, -0.2) is 4.98 Å². The van der Waals surface area contributed by atoms with Crippen LogP contribution in [0.25, 0.3) is 0 Å². The molecule has 0 bridgehead atoms. The van der Waals surface area contributed by atoms with E-state index in [1.54, 1.807) is 11.1 Å². The van der Waals surface area contributed by atoms with Gasteiger partial charge in [0.1, 0.15) is 5.82 Å². The molecule has 1 aromatic heterocycles. The van der Waals surface area contributed by atoms with Crippen LogP contribution in [0.2, 0.25) is 0 Å². The molecule has 1 aromatic rings. The molecule has 3 rings (SSSR count). The Bertz CT molecular complexity index is 584. The topological polar surface area (TPSA) is 74.8 Å². The molecule has 0 radical (unpaired) electrons. The number of ether oxygens (including phenoxy) is 1. The Morgan fingerprint density at radius 3 is 2.79 bits per heavy atom. The van der Waals surface area contributed by atoms with Crippen LogP contribution in [-0.4, -0.2) is 61.1 Å². The van der Waals surface area contributed by atoms with Crippen molar-refractivity contribution in [2.24, 2.45) is 5.92 Å². The molecule has 7 nitrogen and oxygen atoms in total. The quantitative estimate of drug-likeness (QED) is 0.845. The Morgan fingerprint density at radius 2 is 2.17 bits per heavy atom. The number of hydrogen-bond acceptors (Lipinski definition) is 5. The third-order valence-electron chi connectivity index (χ3n) is 4.58. The summed E-state index contributed by atoms with van der Waals surface area (Å²) in [6.45, 7) is 6.72. The van der Waals surface area contributed by atoms with Crippen LogP contribution in [0.15, 0.2) is 18.3 Å². The fourth-order valence-electron chi connectivity index (χ4n) is 3.09. The Kier molecular flexibility index (Phi) is 5.30. The lowest BCUT2D eigenvalue weighted by Crippen LogP contribution is -2.36. The lowest BCUT2D eigenvalue weighted by molar-refractivity contribution is -0.128. The molecular weight excluding hydrogens is 308 g/mol. The maximum atomic E-state index is 12.2. The van der Waals surface area contributed by atoms with Crippen molar-refractivity contribution in [1.82, 2.24) is 15.2 Å². The van der Waals surface area contributed by atoms with E-state index in [1.807, 2.05) is 19.1 Å². The van der Waals surface area contributed by atoms with Crippen LogP contribution in [0.4, 0.5) is 5.82 Å². The van der Waals surface area contributed by atoms with Gasteiger partial charge in [-0.3, -0.25) is 9.59 Å². The maximum Gasteiger partial charge on any atom is 0.225 e. The van der Waals surface area contributed by atoms with Gasteiger partial charge in [0, 0.05) is 45.3 Å². The molecule has 130 valence electrons. The van der Waals surface area contributed by atoms with Crippen LogP contribution >= 0.6 is 0 Å². The lowest BCUT2D eigenvalue weighted by Gasteiger charge is -2.27. The van der Waals surface area contributed by atoms with Crippen LogP contribution < -0.4 is 10.2 Å². The Labute approximate surface area is 142 Å². The van der Waals surface area contributed by atoms with Gasteiger partial charge in [0.15, 0.2) is 0 Å². The van der Waals surface area contributed by atoms with E-state index < -0.39 is 0 Å². The minimum absolute atomic E-state index is 0.0587. The molecule has 7 heteroatoms. The third kappa shape index (κ3) is 3.84. The molecule has 2 amide bonds. The maximum absolute atomic E-state index is 12.2. The summed E-state index contributed by atoms with van der Waals surface area (Å²) in [7, 11) is 0. The highest BCUT2D eigenvalue weighted by Crippen LogP contribution is 2.18. The van der Waals surface area contributed by atoms with E-state index in [-0.39, 0.29) is 17.7 Å². The zero-order chi connectivity index (χ0) is 16.9. The van der Waals surface area contributed by atoms with E-state index >= 15 is 0 Å². The zero-order valence-electron chi connectivity index (χ0n) is 14.0.